The number of carbonyl (C=O) groups excluding carboxylic acids is 1. The first-order valence-corrected chi connectivity index (χ1v) is 9.19. The van der Waals surface area contributed by atoms with Crippen LogP contribution in [-0.2, 0) is 10.2 Å². The molecular weight excluding hydrogens is 360 g/mol. The fourth-order valence-electron chi connectivity index (χ4n) is 2.46. The van der Waals surface area contributed by atoms with E-state index in [1.165, 1.54) is 5.56 Å². The van der Waals surface area contributed by atoms with E-state index in [-0.39, 0.29) is 11.4 Å². The highest BCUT2D eigenvalue weighted by molar-refractivity contribution is 7.80. The molecule has 144 valence electrons. The number of hydrogen-bond donors (Lipinski definition) is 2. The summed E-state index contributed by atoms with van der Waals surface area (Å²) in [5, 5.41) is 6.73. The van der Waals surface area contributed by atoms with Crippen molar-refractivity contribution in [2.75, 3.05) is 24.4 Å². The average molecular weight is 387 g/mol. The Hall–Kier alpha value is -2.60. The Balaban J connectivity index is 2.10. The molecule has 0 fully saturated rings. The lowest BCUT2D eigenvalue weighted by molar-refractivity contribution is 0.0526. The van der Waals surface area contributed by atoms with Crippen molar-refractivity contribution >= 4 is 34.7 Å². The maximum Gasteiger partial charge on any atom is 0.338 e. The number of benzene rings is 2. The van der Waals surface area contributed by atoms with Gasteiger partial charge in [-0.2, -0.15) is 0 Å². The molecule has 0 atom stereocenters. The van der Waals surface area contributed by atoms with Gasteiger partial charge < -0.3 is 20.1 Å². The molecule has 0 saturated carbocycles. The Morgan fingerprint density at radius 3 is 2.30 bits per heavy atom. The van der Waals surface area contributed by atoms with Crippen LogP contribution in [0, 0.1) is 0 Å². The summed E-state index contributed by atoms with van der Waals surface area (Å²) < 4.78 is 10.4. The highest BCUT2D eigenvalue weighted by Crippen LogP contribution is 2.31. The molecule has 2 aromatic carbocycles. The molecule has 6 heteroatoms. The van der Waals surface area contributed by atoms with Crippen LogP contribution in [0.15, 0.2) is 42.5 Å². The van der Waals surface area contributed by atoms with Crippen molar-refractivity contribution in [2.45, 2.75) is 33.1 Å². The lowest BCUT2D eigenvalue weighted by Gasteiger charge is -2.22. The lowest BCUT2D eigenvalue weighted by Crippen LogP contribution is -2.20. The normalized spacial score (nSPS) is 10.9. The second-order valence-electron chi connectivity index (χ2n) is 7.04. The van der Waals surface area contributed by atoms with Crippen molar-refractivity contribution in [3.8, 4) is 5.75 Å². The van der Waals surface area contributed by atoms with E-state index in [1.54, 1.807) is 38.3 Å². The van der Waals surface area contributed by atoms with E-state index in [1.807, 2.05) is 12.1 Å². The number of nitrogens with one attached hydrogen (secondary N) is 2. The van der Waals surface area contributed by atoms with Crippen LogP contribution >= 0.6 is 12.2 Å². The van der Waals surface area contributed by atoms with Crippen LogP contribution in [0.5, 0.6) is 5.75 Å². The van der Waals surface area contributed by atoms with Gasteiger partial charge in [0.05, 0.1) is 25.0 Å². The van der Waals surface area contributed by atoms with E-state index in [4.69, 9.17) is 21.7 Å². The summed E-state index contributed by atoms with van der Waals surface area (Å²) in [4.78, 5) is 11.7. The first-order chi connectivity index (χ1) is 12.7. The van der Waals surface area contributed by atoms with Crippen molar-refractivity contribution in [3.63, 3.8) is 0 Å². The zero-order chi connectivity index (χ0) is 20.0. The first-order valence-electron chi connectivity index (χ1n) is 8.78. The minimum Gasteiger partial charge on any atom is -0.495 e. The van der Waals surface area contributed by atoms with Crippen LogP contribution in [0.4, 0.5) is 11.4 Å². The quantitative estimate of drug-likeness (QED) is 0.558. The largest absolute Gasteiger partial charge is 0.495 e. The molecule has 0 saturated heterocycles. The summed E-state index contributed by atoms with van der Waals surface area (Å²) in [5.41, 5.74) is 3.26. The van der Waals surface area contributed by atoms with Crippen molar-refractivity contribution in [3.05, 3.63) is 53.6 Å². The molecule has 0 amide bonds. The minimum atomic E-state index is -0.339. The summed E-state index contributed by atoms with van der Waals surface area (Å²) in [6, 6.07) is 13.0. The van der Waals surface area contributed by atoms with Gasteiger partial charge in [-0.25, -0.2) is 4.79 Å². The zero-order valence-corrected chi connectivity index (χ0v) is 17.2. The number of hydrogen-bond acceptors (Lipinski definition) is 4. The molecule has 0 spiro atoms. The summed E-state index contributed by atoms with van der Waals surface area (Å²) in [6.07, 6.45) is 0. The van der Waals surface area contributed by atoms with E-state index in [0.29, 0.717) is 23.0 Å². The number of carbonyl (C=O) groups is 1. The summed E-state index contributed by atoms with van der Waals surface area (Å²) in [6.45, 7) is 8.59. The van der Waals surface area contributed by atoms with Gasteiger partial charge in [-0.15, -0.1) is 0 Å². The van der Waals surface area contributed by atoms with E-state index < -0.39 is 0 Å². The topological polar surface area (TPSA) is 59.6 Å². The molecule has 0 aromatic heterocycles. The van der Waals surface area contributed by atoms with Gasteiger partial charge in [-0.1, -0.05) is 26.8 Å². The number of rotatable bonds is 5. The third-order valence-corrected chi connectivity index (χ3v) is 4.17. The molecule has 2 aromatic rings. The molecule has 27 heavy (non-hydrogen) atoms. The summed E-state index contributed by atoms with van der Waals surface area (Å²) in [7, 11) is 1.63. The van der Waals surface area contributed by atoms with E-state index >= 15 is 0 Å². The SMILES string of the molecule is CCOC(=O)c1ccc(NC(=S)Nc2cc(C(C)(C)C)ccc2OC)cc1. The van der Waals surface area contributed by atoms with Gasteiger partial charge in [0.2, 0.25) is 0 Å². The molecule has 0 aliphatic heterocycles. The maximum atomic E-state index is 11.7. The summed E-state index contributed by atoms with van der Waals surface area (Å²) >= 11 is 5.42. The molecule has 0 radical (unpaired) electrons. The highest BCUT2D eigenvalue weighted by Gasteiger charge is 2.16. The van der Waals surface area contributed by atoms with Crippen molar-refractivity contribution < 1.29 is 14.3 Å². The fourth-order valence-corrected chi connectivity index (χ4v) is 2.69. The molecule has 0 aliphatic carbocycles. The molecule has 0 unspecified atom stereocenters. The highest BCUT2D eigenvalue weighted by atomic mass is 32.1. The predicted molar refractivity (Wildman–Crippen MR) is 114 cm³/mol. The molecule has 0 aliphatic rings. The van der Waals surface area contributed by atoms with Gasteiger partial charge in [0.15, 0.2) is 5.11 Å². The molecule has 2 N–H and O–H groups in total. The number of thiocarbonyl (C=S) groups is 1. The zero-order valence-electron chi connectivity index (χ0n) is 16.4. The van der Waals surface area contributed by atoms with Gasteiger partial charge in [-0.05, 0) is 66.5 Å². The number of methoxy groups -OCH3 is 1. The third kappa shape index (κ3) is 5.69. The van der Waals surface area contributed by atoms with Crippen LogP contribution in [-0.4, -0.2) is 24.8 Å². The van der Waals surface area contributed by atoms with Crippen molar-refractivity contribution in [1.29, 1.82) is 0 Å². The van der Waals surface area contributed by atoms with Crippen LogP contribution in [0.25, 0.3) is 0 Å². The van der Waals surface area contributed by atoms with Crippen LogP contribution in [0.1, 0.15) is 43.6 Å². The Morgan fingerprint density at radius 1 is 1.07 bits per heavy atom. The molecule has 0 bridgehead atoms. The van der Waals surface area contributed by atoms with Gasteiger partial charge in [0.25, 0.3) is 0 Å². The van der Waals surface area contributed by atoms with Crippen LogP contribution < -0.4 is 15.4 Å². The molecule has 2 rings (SSSR count). The monoisotopic (exact) mass is 386 g/mol. The van der Waals surface area contributed by atoms with Crippen LogP contribution in [0.2, 0.25) is 0 Å². The third-order valence-electron chi connectivity index (χ3n) is 3.97. The molecule has 5 nitrogen and oxygen atoms in total. The second-order valence-corrected chi connectivity index (χ2v) is 7.45. The first kappa shape index (κ1) is 20.7. The minimum absolute atomic E-state index is 0.0146. The lowest BCUT2D eigenvalue weighted by atomic mass is 9.87. The Bertz CT molecular complexity index is 811. The Morgan fingerprint density at radius 2 is 1.74 bits per heavy atom. The Kier molecular flexibility index (Phi) is 6.80. The van der Waals surface area contributed by atoms with Crippen LogP contribution in [0.3, 0.4) is 0 Å². The predicted octanol–water partition coefficient (Wildman–Crippen LogP) is 4.98. The smallest absolute Gasteiger partial charge is 0.338 e. The van der Waals surface area contributed by atoms with Crippen molar-refractivity contribution in [2.24, 2.45) is 0 Å². The fraction of sp³-hybridized carbons (Fsp3) is 0.333. The van der Waals surface area contributed by atoms with Gasteiger partial charge >= 0.3 is 5.97 Å². The average Bonchev–Trinajstić information content (AvgIpc) is 2.61. The molecular formula is C21H26N2O3S. The maximum absolute atomic E-state index is 11.7. The summed E-state index contributed by atoms with van der Waals surface area (Å²) in [5.74, 6) is 0.373. The number of ether oxygens (including phenoxy) is 2. The van der Waals surface area contributed by atoms with Crippen molar-refractivity contribution in [1.82, 2.24) is 0 Å². The Labute approximate surface area is 166 Å². The van der Waals surface area contributed by atoms with E-state index in [0.717, 1.165) is 11.4 Å². The molecule has 0 heterocycles. The number of anilines is 2. The van der Waals surface area contributed by atoms with Gasteiger partial charge in [-0.3, -0.25) is 0 Å². The number of esters is 1. The van der Waals surface area contributed by atoms with Gasteiger partial charge in [0, 0.05) is 5.69 Å². The van der Waals surface area contributed by atoms with E-state index in [2.05, 4.69) is 37.5 Å². The standard InChI is InChI=1S/C21H26N2O3S/c1-6-26-19(24)14-7-10-16(11-8-14)22-20(27)23-17-13-15(21(2,3)4)9-12-18(17)25-5/h7-13H,6H2,1-5H3,(H2,22,23,27). The van der Waals surface area contributed by atoms with Gasteiger partial charge in [0.1, 0.15) is 5.75 Å². The van der Waals surface area contributed by atoms with E-state index in [9.17, 15) is 4.79 Å². The second kappa shape index (κ2) is 8.86.